The summed E-state index contributed by atoms with van der Waals surface area (Å²) in [5, 5.41) is 11.9. The number of nitriles is 1. The van der Waals surface area contributed by atoms with E-state index in [0.717, 1.165) is 12.8 Å². The van der Waals surface area contributed by atoms with Crippen LogP contribution in [0.2, 0.25) is 0 Å². The van der Waals surface area contributed by atoms with Gasteiger partial charge in [0.15, 0.2) is 6.10 Å². The minimum absolute atomic E-state index is 0.0165. The van der Waals surface area contributed by atoms with E-state index in [0.29, 0.717) is 13.1 Å². The lowest BCUT2D eigenvalue weighted by molar-refractivity contribution is -0.130. The number of carbonyl (C=O) groups excluding carboxylic acids is 2. The molecular weight excluding hydrogens is 396 g/mol. The predicted molar refractivity (Wildman–Crippen MR) is 105 cm³/mol. The second-order valence-corrected chi connectivity index (χ2v) is 9.73. The molecule has 1 aromatic rings. The van der Waals surface area contributed by atoms with Crippen LogP contribution in [0.5, 0.6) is 0 Å². The van der Waals surface area contributed by atoms with Crippen molar-refractivity contribution >= 4 is 21.9 Å². The Morgan fingerprint density at radius 2 is 1.86 bits per heavy atom. The Morgan fingerprint density at radius 3 is 2.38 bits per heavy atom. The van der Waals surface area contributed by atoms with E-state index in [1.807, 2.05) is 0 Å². The Kier molecular flexibility index (Phi) is 6.75. The van der Waals surface area contributed by atoms with Crippen LogP contribution in [0.25, 0.3) is 0 Å². The molecule has 2 unspecified atom stereocenters. The summed E-state index contributed by atoms with van der Waals surface area (Å²) >= 11 is 0. The molecule has 2 atom stereocenters. The molecular formula is C19H28N4O5S. The number of ether oxygens (including phenoxy) is 1. The van der Waals surface area contributed by atoms with Crippen molar-refractivity contribution in [3.05, 3.63) is 18.0 Å². The van der Waals surface area contributed by atoms with E-state index >= 15 is 0 Å². The van der Waals surface area contributed by atoms with Crippen molar-refractivity contribution in [3.8, 4) is 6.07 Å². The van der Waals surface area contributed by atoms with Crippen LogP contribution in [-0.4, -0.2) is 53.9 Å². The molecule has 160 valence electrons. The molecule has 1 N–H and O–H groups in total. The standard InChI is InChI=1S/C19H28N4O5S/c1-13(2)19(4,12-20)21-17(24)14(3)28-18(25)16-10-15(11-22(16)5)29(26,27)23-8-6-7-9-23/h10-11,13-14H,6-9H2,1-5H3,(H,21,24). The van der Waals surface area contributed by atoms with Gasteiger partial charge in [-0.1, -0.05) is 13.8 Å². The summed E-state index contributed by atoms with van der Waals surface area (Å²) in [5.41, 5.74) is -1.07. The van der Waals surface area contributed by atoms with Crippen LogP contribution in [0, 0.1) is 17.2 Å². The molecule has 0 radical (unpaired) electrons. The second-order valence-electron chi connectivity index (χ2n) is 7.79. The number of amides is 1. The van der Waals surface area contributed by atoms with Gasteiger partial charge in [0.2, 0.25) is 10.0 Å². The van der Waals surface area contributed by atoms with Gasteiger partial charge in [0.25, 0.3) is 5.91 Å². The fourth-order valence-electron chi connectivity index (χ4n) is 2.89. The third-order valence-electron chi connectivity index (χ3n) is 5.31. The van der Waals surface area contributed by atoms with Crippen LogP contribution < -0.4 is 5.32 Å². The molecule has 0 spiro atoms. The van der Waals surface area contributed by atoms with Crippen LogP contribution in [0.3, 0.4) is 0 Å². The SMILES string of the molecule is CC(OC(=O)c1cc(S(=O)(=O)N2CCCC2)cn1C)C(=O)NC(C)(C#N)C(C)C. The molecule has 1 fully saturated rings. The van der Waals surface area contributed by atoms with Crippen molar-refractivity contribution < 1.29 is 22.7 Å². The van der Waals surface area contributed by atoms with E-state index in [1.165, 1.54) is 35.1 Å². The number of esters is 1. The lowest BCUT2D eigenvalue weighted by atomic mass is 9.90. The Hall–Kier alpha value is -2.38. The van der Waals surface area contributed by atoms with Gasteiger partial charge in [0.1, 0.15) is 16.1 Å². The van der Waals surface area contributed by atoms with Crippen molar-refractivity contribution in [1.29, 1.82) is 5.26 Å². The summed E-state index contributed by atoms with van der Waals surface area (Å²) in [6, 6.07) is 3.31. The van der Waals surface area contributed by atoms with Crippen molar-refractivity contribution in [3.63, 3.8) is 0 Å². The average Bonchev–Trinajstić information content (AvgIpc) is 3.31. The summed E-state index contributed by atoms with van der Waals surface area (Å²) in [6.07, 6.45) is 1.83. The maximum atomic E-state index is 12.7. The maximum Gasteiger partial charge on any atom is 0.355 e. The largest absolute Gasteiger partial charge is 0.448 e. The van der Waals surface area contributed by atoms with Gasteiger partial charge in [-0.05, 0) is 38.7 Å². The monoisotopic (exact) mass is 424 g/mol. The number of carbonyl (C=O) groups is 2. The first-order valence-corrected chi connectivity index (χ1v) is 11.0. The molecule has 0 saturated carbocycles. The molecule has 1 aliphatic heterocycles. The highest BCUT2D eigenvalue weighted by Crippen LogP contribution is 2.23. The summed E-state index contributed by atoms with van der Waals surface area (Å²) in [5.74, 6) is -1.57. The maximum absolute atomic E-state index is 12.7. The zero-order valence-electron chi connectivity index (χ0n) is 17.4. The number of aromatic nitrogens is 1. The first-order valence-electron chi connectivity index (χ1n) is 9.53. The van der Waals surface area contributed by atoms with Gasteiger partial charge in [-0.15, -0.1) is 0 Å². The highest BCUT2D eigenvalue weighted by molar-refractivity contribution is 7.89. The lowest BCUT2D eigenvalue weighted by Gasteiger charge is -2.28. The van der Waals surface area contributed by atoms with Crippen LogP contribution >= 0.6 is 0 Å². The molecule has 1 amide bonds. The molecule has 9 nitrogen and oxygen atoms in total. The van der Waals surface area contributed by atoms with Crippen LogP contribution in [0.4, 0.5) is 0 Å². The first kappa shape index (κ1) is 22.9. The number of sulfonamides is 1. The molecule has 29 heavy (non-hydrogen) atoms. The molecule has 2 heterocycles. The van der Waals surface area contributed by atoms with E-state index in [-0.39, 0.29) is 16.5 Å². The number of hydrogen-bond acceptors (Lipinski definition) is 6. The Balaban J connectivity index is 2.12. The third kappa shape index (κ3) is 4.79. The number of aryl methyl sites for hydroxylation is 1. The van der Waals surface area contributed by atoms with Gasteiger partial charge in [-0.3, -0.25) is 4.79 Å². The molecule has 0 aliphatic carbocycles. The highest BCUT2D eigenvalue weighted by atomic mass is 32.2. The van der Waals surface area contributed by atoms with Gasteiger partial charge >= 0.3 is 5.97 Å². The smallest absolute Gasteiger partial charge is 0.355 e. The van der Waals surface area contributed by atoms with Crippen molar-refractivity contribution in [1.82, 2.24) is 14.2 Å². The van der Waals surface area contributed by atoms with Gasteiger partial charge < -0.3 is 14.6 Å². The van der Waals surface area contributed by atoms with E-state index in [2.05, 4.69) is 11.4 Å². The third-order valence-corrected chi connectivity index (χ3v) is 7.18. The molecule has 1 aliphatic rings. The minimum atomic E-state index is -3.67. The number of nitrogens with one attached hydrogen (secondary N) is 1. The average molecular weight is 425 g/mol. The van der Waals surface area contributed by atoms with Gasteiger partial charge in [0, 0.05) is 26.3 Å². The summed E-state index contributed by atoms with van der Waals surface area (Å²) in [4.78, 5) is 24.9. The van der Waals surface area contributed by atoms with Crippen molar-refractivity contribution in [2.24, 2.45) is 13.0 Å². The Labute approximate surface area is 171 Å². The van der Waals surface area contributed by atoms with E-state index in [9.17, 15) is 23.3 Å². The molecule has 0 aromatic carbocycles. The summed E-state index contributed by atoms with van der Waals surface area (Å²) in [7, 11) is -2.13. The minimum Gasteiger partial charge on any atom is -0.448 e. The van der Waals surface area contributed by atoms with Crippen LogP contribution in [0.15, 0.2) is 17.2 Å². The van der Waals surface area contributed by atoms with Gasteiger partial charge in [-0.2, -0.15) is 9.57 Å². The zero-order chi connectivity index (χ0) is 22.0. The zero-order valence-corrected chi connectivity index (χ0v) is 18.2. The normalized spacial score (nSPS) is 18.1. The molecule has 10 heteroatoms. The summed E-state index contributed by atoms with van der Waals surface area (Å²) < 4.78 is 33.3. The Morgan fingerprint density at radius 1 is 1.28 bits per heavy atom. The fraction of sp³-hybridized carbons (Fsp3) is 0.632. The van der Waals surface area contributed by atoms with Crippen LogP contribution in [0.1, 0.15) is 51.0 Å². The lowest BCUT2D eigenvalue weighted by Crippen LogP contribution is -2.52. The molecule has 2 rings (SSSR count). The fourth-order valence-corrected chi connectivity index (χ4v) is 4.48. The molecule has 1 aromatic heterocycles. The first-order chi connectivity index (χ1) is 13.4. The van der Waals surface area contributed by atoms with Crippen molar-refractivity contribution in [2.45, 2.75) is 57.1 Å². The number of nitrogens with zero attached hydrogens (tertiary/aromatic N) is 3. The Bertz CT molecular complexity index is 925. The number of hydrogen-bond donors (Lipinski definition) is 1. The van der Waals surface area contributed by atoms with E-state index < -0.39 is 33.5 Å². The van der Waals surface area contributed by atoms with Crippen molar-refractivity contribution in [2.75, 3.05) is 13.1 Å². The second kappa shape index (κ2) is 8.55. The highest BCUT2D eigenvalue weighted by Gasteiger charge is 2.34. The van der Waals surface area contributed by atoms with E-state index in [4.69, 9.17) is 4.74 Å². The molecule has 0 bridgehead atoms. The van der Waals surface area contributed by atoms with Crippen LogP contribution in [-0.2, 0) is 26.6 Å². The predicted octanol–water partition coefficient (Wildman–Crippen LogP) is 1.41. The van der Waals surface area contributed by atoms with Gasteiger partial charge in [-0.25, -0.2) is 13.2 Å². The number of rotatable bonds is 7. The van der Waals surface area contributed by atoms with E-state index in [1.54, 1.807) is 20.8 Å². The van der Waals surface area contributed by atoms with Gasteiger partial charge in [0.05, 0.1) is 6.07 Å². The topological polar surface area (TPSA) is 122 Å². The quantitative estimate of drug-likeness (QED) is 0.661. The summed E-state index contributed by atoms with van der Waals surface area (Å²) in [6.45, 7) is 7.51. The molecule has 1 saturated heterocycles.